The molecule has 3 aromatic rings. The lowest BCUT2D eigenvalue weighted by Crippen LogP contribution is -2.42. The normalized spacial score (nSPS) is 18.0. The van der Waals surface area contributed by atoms with Crippen LogP contribution in [0.4, 0.5) is 26.3 Å². The number of rotatable bonds is 6. The molecule has 0 spiro atoms. The quantitative estimate of drug-likeness (QED) is 0.297. The van der Waals surface area contributed by atoms with Crippen molar-refractivity contribution in [1.82, 2.24) is 15.1 Å². The highest BCUT2D eigenvalue weighted by atomic mass is 35.5. The van der Waals surface area contributed by atoms with Crippen molar-refractivity contribution in [3.05, 3.63) is 70.6 Å². The summed E-state index contributed by atoms with van der Waals surface area (Å²) in [6, 6.07) is 11.6. The zero-order valence-corrected chi connectivity index (χ0v) is 20.4. The molecular formula is C24H23Cl2F6N3O. The van der Waals surface area contributed by atoms with E-state index in [2.05, 4.69) is 10.2 Å². The van der Waals surface area contributed by atoms with E-state index in [1.807, 2.05) is 0 Å². The first-order valence-corrected chi connectivity index (χ1v) is 11.4. The highest BCUT2D eigenvalue weighted by Gasteiger charge is 2.42. The second kappa shape index (κ2) is 11.4. The number of alkyl halides is 6. The molecule has 1 saturated heterocycles. The van der Waals surface area contributed by atoms with Crippen LogP contribution in [0, 0.1) is 5.92 Å². The van der Waals surface area contributed by atoms with Crippen molar-refractivity contribution in [2.45, 2.75) is 37.5 Å². The molecule has 0 bridgehead atoms. The van der Waals surface area contributed by atoms with Crippen LogP contribution in [0.15, 0.2) is 52.9 Å². The number of likely N-dealkylation sites (tertiary alicyclic amines) is 1. The molecule has 0 aliphatic carbocycles. The average molecular weight is 554 g/mol. The molecule has 4 nitrogen and oxygen atoms in total. The largest absolute Gasteiger partial charge is 0.421 e. The molecule has 1 fully saturated rings. The molecule has 2 heterocycles. The van der Waals surface area contributed by atoms with Crippen LogP contribution in [0.3, 0.4) is 0 Å². The Kier molecular flexibility index (Phi) is 8.95. The fourth-order valence-corrected chi connectivity index (χ4v) is 4.53. The third-order valence-electron chi connectivity index (χ3n) is 6.09. The summed E-state index contributed by atoms with van der Waals surface area (Å²) in [4.78, 5) is 1.65. The molecule has 196 valence electrons. The van der Waals surface area contributed by atoms with Gasteiger partial charge in [-0.1, -0.05) is 35.9 Å². The smallest absolute Gasteiger partial charge is 0.416 e. The Balaban J connectivity index is 0.00000361. The summed E-state index contributed by atoms with van der Waals surface area (Å²) in [5.41, 5.74) is 0.225. The number of piperidine rings is 1. The number of hydrogen-bond donors (Lipinski definition) is 0. The topological polar surface area (TPSA) is 42.2 Å². The molecule has 2 unspecified atom stereocenters. The molecule has 12 heteroatoms. The number of aromatic nitrogens is 2. The predicted molar refractivity (Wildman–Crippen MR) is 125 cm³/mol. The predicted octanol–water partition coefficient (Wildman–Crippen LogP) is 7.43. The summed E-state index contributed by atoms with van der Waals surface area (Å²) in [5, 5.41) is 8.05. The third-order valence-corrected chi connectivity index (χ3v) is 6.33. The van der Waals surface area contributed by atoms with E-state index < -0.39 is 30.3 Å². The molecule has 1 aliphatic rings. The first-order chi connectivity index (χ1) is 16.5. The van der Waals surface area contributed by atoms with Crippen molar-refractivity contribution < 1.29 is 30.8 Å². The van der Waals surface area contributed by atoms with Crippen LogP contribution < -0.4 is 0 Å². The Morgan fingerprint density at radius 3 is 2.47 bits per heavy atom. The summed E-state index contributed by atoms with van der Waals surface area (Å²) in [5.74, 6) is -2.12. The van der Waals surface area contributed by atoms with Gasteiger partial charge in [-0.15, -0.1) is 22.6 Å². The molecule has 1 aromatic heterocycles. The Labute approximate surface area is 215 Å². The second-order valence-corrected chi connectivity index (χ2v) is 9.11. The Morgan fingerprint density at radius 2 is 1.78 bits per heavy atom. The van der Waals surface area contributed by atoms with Crippen molar-refractivity contribution in [2.75, 3.05) is 19.6 Å². The SMILES string of the molecule is Cl.FC(F)(F)c1cccc(C2CCCN(CC(Cc3nnc(-c4cccc(Cl)c4)o3)C(F)(F)F)C2)c1. The van der Waals surface area contributed by atoms with Gasteiger partial charge in [0.2, 0.25) is 11.8 Å². The van der Waals surface area contributed by atoms with E-state index in [0.717, 1.165) is 12.1 Å². The highest BCUT2D eigenvalue weighted by molar-refractivity contribution is 6.30. The first-order valence-electron chi connectivity index (χ1n) is 11.0. The van der Waals surface area contributed by atoms with Crippen LogP contribution >= 0.6 is 24.0 Å². The Morgan fingerprint density at radius 1 is 1.03 bits per heavy atom. The zero-order valence-electron chi connectivity index (χ0n) is 18.8. The van der Waals surface area contributed by atoms with Gasteiger partial charge in [0.25, 0.3) is 0 Å². The summed E-state index contributed by atoms with van der Waals surface area (Å²) in [7, 11) is 0. The van der Waals surface area contributed by atoms with E-state index in [1.165, 1.54) is 6.07 Å². The monoisotopic (exact) mass is 553 g/mol. The maximum absolute atomic E-state index is 13.9. The van der Waals surface area contributed by atoms with Crippen LogP contribution in [-0.4, -0.2) is 40.9 Å². The summed E-state index contributed by atoms with van der Waals surface area (Å²) in [6.07, 6.45) is -8.29. The standard InChI is InChI=1S/C24H22ClF6N3O.ClH/c25-20-8-2-5-16(11-20)22-33-32-21(35-22)12-19(24(29,30)31)14-34-9-3-6-17(13-34)15-4-1-7-18(10-15)23(26,27)28;/h1-2,4-5,7-8,10-11,17,19H,3,6,9,12-14H2;1H. The molecule has 4 rings (SSSR count). The minimum absolute atomic E-state index is 0. The van der Waals surface area contributed by atoms with Crippen molar-refractivity contribution in [1.29, 1.82) is 0 Å². The molecule has 36 heavy (non-hydrogen) atoms. The lowest BCUT2D eigenvalue weighted by atomic mass is 9.89. The van der Waals surface area contributed by atoms with Crippen LogP contribution in [0.2, 0.25) is 5.02 Å². The number of nitrogens with zero attached hydrogens (tertiary/aromatic N) is 3. The van der Waals surface area contributed by atoms with E-state index in [4.69, 9.17) is 16.0 Å². The first kappa shape index (κ1) is 28.3. The van der Waals surface area contributed by atoms with Crippen molar-refractivity contribution >= 4 is 24.0 Å². The average Bonchev–Trinajstić information content (AvgIpc) is 3.27. The molecule has 0 amide bonds. The maximum atomic E-state index is 13.9. The van der Waals surface area contributed by atoms with Gasteiger partial charge < -0.3 is 9.32 Å². The number of halogens is 8. The molecule has 2 aromatic carbocycles. The summed E-state index contributed by atoms with van der Waals surface area (Å²) >= 11 is 5.94. The van der Waals surface area contributed by atoms with Crippen LogP contribution in [-0.2, 0) is 12.6 Å². The lowest BCUT2D eigenvalue weighted by Gasteiger charge is -2.35. The van der Waals surface area contributed by atoms with Gasteiger partial charge in [0.05, 0.1) is 11.5 Å². The molecule has 0 N–H and O–H groups in total. The van der Waals surface area contributed by atoms with Crippen LogP contribution in [0.1, 0.15) is 35.8 Å². The van der Waals surface area contributed by atoms with Gasteiger partial charge in [0.15, 0.2) is 0 Å². The number of benzene rings is 2. The minimum atomic E-state index is -4.52. The second-order valence-electron chi connectivity index (χ2n) is 8.68. The van der Waals surface area contributed by atoms with Gasteiger partial charge in [-0.05, 0) is 55.1 Å². The molecule has 0 saturated carbocycles. The van der Waals surface area contributed by atoms with Gasteiger partial charge >= 0.3 is 12.4 Å². The van der Waals surface area contributed by atoms with Crippen LogP contribution in [0.5, 0.6) is 0 Å². The van der Waals surface area contributed by atoms with E-state index in [-0.39, 0.29) is 43.2 Å². The highest BCUT2D eigenvalue weighted by Crippen LogP contribution is 2.36. The van der Waals surface area contributed by atoms with Crippen LogP contribution in [0.25, 0.3) is 11.5 Å². The molecule has 0 radical (unpaired) electrons. The third kappa shape index (κ3) is 7.14. The van der Waals surface area contributed by atoms with Crippen molar-refractivity contribution in [2.24, 2.45) is 5.92 Å². The summed E-state index contributed by atoms with van der Waals surface area (Å²) < 4.78 is 86.4. The van der Waals surface area contributed by atoms with E-state index in [1.54, 1.807) is 35.2 Å². The minimum Gasteiger partial charge on any atom is -0.421 e. The van der Waals surface area contributed by atoms with Gasteiger partial charge in [-0.25, -0.2) is 0 Å². The van der Waals surface area contributed by atoms with Crippen molar-refractivity contribution in [3.8, 4) is 11.5 Å². The molecule has 2 atom stereocenters. The Hall–Kier alpha value is -2.30. The van der Waals surface area contributed by atoms with Gasteiger partial charge in [0.1, 0.15) is 0 Å². The van der Waals surface area contributed by atoms with Gasteiger partial charge in [-0.3, -0.25) is 0 Å². The molecule has 1 aliphatic heterocycles. The van der Waals surface area contributed by atoms with Gasteiger partial charge in [-0.2, -0.15) is 26.3 Å². The summed E-state index contributed by atoms with van der Waals surface area (Å²) in [6.45, 7) is 0.360. The van der Waals surface area contributed by atoms with E-state index >= 15 is 0 Å². The van der Waals surface area contributed by atoms with E-state index in [9.17, 15) is 26.3 Å². The maximum Gasteiger partial charge on any atom is 0.416 e. The lowest BCUT2D eigenvalue weighted by molar-refractivity contribution is -0.180. The fourth-order valence-electron chi connectivity index (χ4n) is 4.34. The zero-order chi connectivity index (χ0) is 25.2. The van der Waals surface area contributed by atoms with Crippen molar-refractivity contribution in [3.63, 3.8) is 0 Å². The van der Waals surface area contributed by atoms with Gasteiger partial charge in [0, 0.05) is 30.1 Å². The Bertz CT molecular complexity index is 1150. The number of hydrogen-bond acceptors (Lipinski definition) is 4. The molecular weight excluding hydrogens is 531 g/mol. The van der Waals surface area contributed by atoms with E-state index in [0.29, 0.717) is 35.5 Å². The fraction of sp³-hybridized carbons (Fsp3) is 0.417.